The quantitative estimate of drug-likeness (QED) is 0.645. The molecule has 2 atom stereocenters. The number of nitrogens with zero attached hydrogens (tertiary/aromatic N) is 1. The van der Waals surface area contributed by atoms with Crippen LogP contribution in [0, 0.1) is 11.8 Å². The molecular formula is C11H14N2O2. The predicted octanol–water partition coefficient (Wildman–Crippen LogP) is 0.816. The summed E-state index contributed by atoms with van der Waals surface area (Å²) in [6, 6.07) is 0. The molecule has 1 aliphatic carbocycles. The minimum Gasteiger partial charge on any atom is -0.365 e. The third kappa shape index (κ3) is 1.84. The summed E-state index contributed by atoms with van der Waals surface area (Å²) >= 11 is 0. The molecule has 2 aliphatic rings. The first-order valence-electron chi connectivity index (χ1n) is 5.21. The smallest absolute Gasteiger partial charge is 0.282 e. The van der Waals surface area contributed by atoms with Gasteiger partial charge >= 0.3 is 0 Å². The van der Waals surface area contributed by atoms with E-state index in [2.05, 4.69) is 11.9 Å². The van der Waals surface area contributed by atoms with Crippen LogP contribution in [-0.4, -0.2) is 17.5 Å². The number of rotatable bonds is 1. The Morgan fingerprint density at radius 2 is 2.33 bits per heavy atom. The fourth-order valence-electron chi connectivity index (χ4n) is 2.22. The Bertz CT molecular complexity index is 382. The van der Waals surface area contributed by atoms with Gasteiger partial charge in [0.15, 0.2) is 0 Å². The zero-order chi connectivity index (χ0) is 11.0. The van der Waals surface area contributed by atoms with Gasteiger partial charge in [-0.1, -0.05) is 13.0 Å². The second kappa shape index (κ2) is 3.61. The van der Waals surface area contributed by atoms with Crippen LogP contribution < -0.4 is 5.73 Å². The van der Waals surface area contributed by atoms with Crippen LogP contribution in [0.15, 0.2) is 16.6 Å². The molecule has 1 saturated carbocycles. The molecule has 0 spiro atoms. The van der Waals surface area contributed by atoms with E-state index in [9.17, 15) is 9.59 Å². The largest absolute Gasteiger partial charge is 0.365 e. The Labute approximate surface area is 88.2 Å². The summed E-state index contributed by atoms with van der Waals surface area (Å²) in [5.41, 5.74) is 6.09. The third-order valence-corrected chi connectivity index (χ3v) is 3.09. The van der Waals surface area contributed by atoms with Gasteiger partial charge in [-0.3, -0.25) is 9.59 Å². The maximum Gasteiger partial charge on any atom is 0.282 e. The Morgan fingerprint density at radius 1 is 1.60 bits per heavy atom. The number of nitrogens with two attached hydrogens (primary N) is 1. The van der Waals surface area contributed by atoms with Gasteiger partial charge in [0, 0.05) is 11.6 Å². The number of dihydropyridines is 1. The minimum atomic E-state index is -0.666. The SMILES string of the molecule is CC1CCC2=NC(=O)C(C(N)=O)=CC2C1. The first kappa shape index (κ1) is 10.1. The summed E-state index contributed by atoms with van der Waals surface area (Å²) in [5, 5.41) is 0. The van der Waals surface area contributed by atoms with E-state index < -0.39 is 11.8 Å². The topological polar surface area (TPSA) is 72.5 Å². The van der Waals surface area contributed by atoms with Crippen molar-refractivity contribution in [1.82, 2.24) is 0 Å². The van der Waals surface area contributed by atoms with Gasteiger partial charge in [0.25, 0.3) is 11.8 Å². The average molecular weight is 206 g/mol. The molecule has 2 N–H and O–H groups in total. The molecule has 80 valence electrons. The van der Waals surface area contributed by atoms with E-state index in [4.69, 9.17) is 5.73 Å². The number of carbonyl (C=O) groups is 2. The molecule has 0 radical (unpaired) electrons. The summed E-state index contributed by atoms with van der Waals surface area (Å²) in [6.07, 6.45) is 4.59. The van der Waals surface area contributed by atoms with E-state index in [0.717, 1.165) is 25.0 Å². The van der Waals surface area contributed by atoms with Crippen LogP contribution in [0.1, 0.15) is 26.2 Å². The van der Waals surface area contributed by atoms with Gasteiger partial charge in [-0.2, -0.15) is 0 Å². The van der Waals surface area contributed by atoms with E-state index in [1.54, 1.807) is 6.08 Å². The van der Waals surface area contributed by atoms with Crippen molar-refractivity contribution >= 4 is 17.5 Å². The van der Waals surface area contributed by atoms with E-state index in [-0.39, 0.29) is 11.5 Å². The van der Waals surface area contributed by atoms with Crippen molar-refractivity contribution in [3.05, 3.63) is 11.6 Å². The van der Waals surface area contributed by atoms with Crippen molar-refractivity contribution in [1.29, 1.82) is 0 Å². The van der Waals surface area contributed by atoms with Crippen molar-refractivity contribution in [2.75, 3.05) is 0 Å². The lowest BCUT2D eigenvalue weighted by atomic mass is 9.79. The molecule has 1 aliphatic heterocycles. The van der Waals surface area contributed by atoms with Crippen LogP contribution >= 0.6 is 0 Å². The molecule has 2 rings (SSSR count). The molecule has 4 nitrogen and oxygen atoms in total. The predicted molar refractivity (Wildman–Crippen MR) is 56.2 cm³/mol. The summed E-state index contributed by atoms with van der Waals surface area (Å²) in [4.78, 5) is 26.4. The van der Waals surface area contributed by atoms with Crippen molar-refractivity contribution in [2.45, 2.75) is 26.2 Å². The highest BCUT2D eigenvalue weighted by molar-refractivity contribution is 6.22. The van der Waals surface area contributed by atoms with Gasteiger partial charge in [-0.25, -0.2) is 4.99 Å². The molecule has 1 fully saturated rings. The number of amides is 2. The number of carbonyl (C=O) groups excluding carboxylic acids is 2. The van der Waals surface area contributed by atoms with Crippen LogP contribution in [0.4, 0.5) is 0 Å². The van der Waals surface area contributed by atoms with Crippen LogP contribution in [0.5, 0.6) is 0 Å². The highest BCUT2D eigenvalue weighted by Crippen LogP contribution is 2.31. The molecule has 0 bridgehead atoms. The number of fused-ring (bicyclic) bond motifs is 1. The lowest BCUT2D eigenvalue weighted by Gasteiger charge is -2.28. The van der Waals surface area contributed by atoms with E-state index >= 15 is 0 Å². The van der Waals surface area contributed by atoms with Crippen molar-refractivity contribution in [3.63, 3.8) is 0 Å². The molecule has 0 aromatic rings. The summed E-state index contributed by atoms with van der Waals surface area (Å²) in [6.45, 7) is 2.17. The van der Waals surface area contributed by atoms with E-state index in [1.165, 1.54) is 0 Å². The third-order valence-electron chi connectivity index (χ3n) is 3.09. The first-order valence-corrected chi connectivity index (χ1v) is 5.21. The van der Waals surface area contributed by atoms with E-state index in [0.29, 0.717) is 5.92 Å². The normalized spacial score (nSPS) is 30.3. The lowest BCUT2D eigenvalue weighted by Crippen LogP contribution is -2.31. The van der Waals surface area contributed by atoms with E-state index in [1.807, 2.05) is 0 Å². The lowest BCUT2D eigenvalue weighted by molar-refractivity contribution is -0.120. The Hall–Kier alpha value is -1.45. The standard InChI is InChI=1S/C11H14N2O2/c1-6-2-3-9-7(4-6)5-8(10(12)14)11(15)13-9/h5-7H,2-4H2,1H3,(H2,12,14). The molecule has 0 aromatic heterocycles. The van der Waals surface area contributed by atoms with Crippen LogP contribution in [0.3, 0.4) is 0 Å². The van der Waals surface area contributed by atoms with Gasteiger partial charge in [-0.05, 0) is 25.2 Å². The molecule has 15 heavy (non-hydrogen) atoms. The maximum absolute atomic E-state index is 11.4. The number of hydrogen-bond acceptors (Lipinski definition) is 2. The zero-order valence-electron chi connectivity index (χ0n) is 8.69. The zero-order valence-corrected chi connectivity index (χ0v) is 8.69. The molecule has 1 heterocycles. The fourth-order valence-corrected chi connectivity index (χ4v) is 2.22. The number of primary amides is 1. The Kier molecular flexibility index (Phi) is 2.42. The van der Waals surface area contributed by atoms with Gasteiger partial charge < -0.3 is 5.73 Å². The number of hydrogen-bond donors (Lipinski definition) is 1. The van der Waals surface area contributed by atoms with Crippen LogP contribution in [0.25, 0.3) is 0 Å². The summed E-state index contributed by atoms with van der Waals surface area (Å²) in [5.74, 6) is -0.370. The summed E-state index contributed by atoms with van der Waals surface area (Å²) in [7, 11) is 0. The fraction of sp³-hybridized carbons (Fsp3) is 0.545. The van der Waals surface area contributed by atoms with Crippen molar-refractivity contribution in [3.8, 4) is 0 Å². The van der Waals surface area contributed by atoms with Crippen molar-refractivity contribution in [2.24, 2.45) is 22.6 Å². The summed E-state index contributed by atoms with van der Waals surface area (Å²) < 4.78 is 0. The molecule has 4 heteroatoms. The average Bonchev–Trinajstić information content (AvgIpc) is 2.17. The first-order chi connectivity index (χ1) is 7.08. The van der Waals surface area contributed by atoms with Gasteiger partial charge in [0.1, 0.15) is 5.57 Å². The minimum absolute atomic E-state index is 0.0536. The highest BCUT2D eigenvalue weighted by Gasteiger charge is 2.30. The molecule has 2 unspecified atom stereocenters. The van der Waals surface area contributed by atoms with Crippen molar-refractivity contribution < 1.29 is 9.59 Å². The highest BCUT2D eigenvalue weighted by atomic mass is 16.2. The second-order valence-corrected chi connectivity index (χ2v) is 4.34. The molecule has 2 amide bonds. The number of allylic oxidation sites excluding steroid dienone is 1. The number of aliphatic imine (C=N–C) groups is 1. The van der Waals surface area contributed by atoms with Gasteiger partial charge in [0.2, 0.25) is 0 Å². The molecule has 0 saturated heterocycles. The van der Waals surface area contributed by atoms with Crippen LogP contribution in [0.2, 0.25) is 0 Å². The Morgan fingerprint density at radius 3 is 3.00 bits per heavy atom. The second-order valence-electron chi connectivity index (χ2n) is 4.34. The van der Waals surface area contributed by atoms with Gasteiger partial charge in [0.05, 0.1) is 0 Å². The monoisotopic (exact) mass is 206 g/mol. The van der Waals surface area contributed by atoms with Crippen LogP contribution in [-0.2, 0) is 9.59 Å². The Balaban J connectivity index is 2.28. The van der Waals surface area contributed by atoms with Gasteiger partial charge in [-0.15, -0.1) is 0 Å². The molecule has 0 aromatic carbocycles. The molecular weight excluding hydrogens is 192 g/mol. The maximum atomic E-state index is 11.4.